The predicted molar refractivity (Wildman–Crippen MR) is 221 cm³/mol. The molecule has 2 fully saturated rings. The minimum Gasteiger partial charge on any atom is -0.490 e. The first-order valence-corrected chi connectivity index (χ1v) is 19.7. The van der Waals surface area contributed by atoms with Crippen molar-refractivity contribution in [3.63, 3.8) is 0 Å². The van der Waals surface area contributed by atoms with Crippen molar-refractivity contribution in [1.29, 1.82) is 0 Å². The maximum absolute atomic E-state index is 12.1. The van der Waals surface area contributed by atoms with Crippen LogP contribution in [0.2, 0.25) is 0 Å². The molecule has 0 radical (unpaired) electrons. The van der Waals surface area contributed by atoms with E-state index < -0.39 is 38.8 Å². The first-order chi connectivity index (χ1) is 27.2. The number of aromatic nitrogens is 2. The lowest BCUT2D eigenvalue weighted by molar-refractivity contribution is -0.119. The van der Waals surface area contributed by atoms with E-state index in [9.17, 15) is 29.1 Å². The van der Waals surface area contributed by atoms with Gasteiger partial charge >= 0.3 is 0 Å². The number of nitrogens with zero attached hydrogens (tertiary/aromatic N) is 2. The lowest BCUT2D eigenvalue weighted by Gasteiger charge is -2.13. The minimum absolute atomic E-state index is 0. The number of Topliss-reactive ketones (excluding diaryl/α,β-unsaturated/α-hetero) is 1. The van der Waals surface area contributed by atoms with Crippen LogP contribution in [0.4, 0.5) is 9.59 Å². The van der Waals surface area contributed by atoms with Gasteiger partial charge < -0.3 is 14.6 Å². The number of nitrogens with one attached hydrogen (secondary N) is 2. The fourth-order valence-corrected chi connectivity index (χ4v) is 6.33. The summed E-state index contributed by atoms with van der Waals surface area (Å²) in [6.07, 6.45) is 4.55. The highest BCUT2D eigenvalue weighted by atomic mass is 35.5. The quantitative estimate of drug-likeness (QED) is 0.0844. The lowest BCUT2D eigenvalue weighted by Crippen LogP contribution is -2.25. The van der Waals surface area contributed by atoms with Gasteiger partial charge in [0.25, 0.3) is 10.5 Å². The second kappa shape index (κ2) is 23.6. The zero-order valence-corrected chi connectivity index (χ0v) is 33.0. The average Bonchev–Trinajstić information content (AvgIpc) is 3.62. The summed E-state index contributed by atoms with van der Waals surface area (Å²) < 4.78 is 27.3. The van der Waals surface area contributed by atoms with Gasteiger partial charge in [0.15, 0.2) is 6.61 Å². The Bertz CT molecular complexity index is 2020. The molecule has 16 heteroatoms. The molecule has 298 valence electrons. The number of imide groups is 2. The topological polar surface area (TPSA) is 174 Å². The number of ether oxygens (including phenoxy) is 2. The number of thioether (sulfide) groups is 2. The molecule has 4 heterocycles. The summed E-state index contributed by atoms with van der Waals surface area (Å²) in [5, 5.41) is 10.6. The van der Waals surface area contributed by atoms with Gasteiger partial charge in [-0.2, -0.15) is 0 Å². The van der Waals surface area contributed by atoms with E-state index in [1.807, 2.05) is 26.0 Å². The molecule has 3 N–H and O–H groups in total. The molecule has 0 aliphatic carbocycles. The number of hydrogen-bond donors (Lipinski definition) is 3. The molecule has 0 bridgehead atoms. The number of aryl methyl sites for hydroxylation is 2. The molecule has 0 spiro atoms. The van der Waals surface area contributed by atoms with Crippen LogP contribution in [0.5, 0.6) is 11.5 Å². The number of aliphatic hydroxyl groups excluding tert-OH is 1. The van der Waals surface area contributed by atoms with Crippen LogP contribution in [0.3, 0.4) is 0 Å². The zero-order valence-electron chi connectivity index (χ0n) is 31.9. The van der Waals surface area contributed by atoms with Gasteiger partial charge in [-0.05, 0) is 84.3 Å². The number of hydrogen-bond acceptors (Lipinski definition) is 12. The summed E-state index contributed by atoms with van der Waals surface area (Å²) in [6.45, 7) is 3.99. The summed E-state index contributed by atoms with van der Waals surface area (Å²) in [5.74, 6) is -0.366. The highest BCUT2D eigenvalue weighted by molar-refractivity contribution is 8.15. The number of aliphatic hydroxyl groups is 1. The maximum Gasteiger partial charge on any atom is 0.286 e. The monoisotopic (exact) mass is 844 g/mol. The Morgan fingerprint density at radius 2 is 1.20 bits per heavy atom. The number of amides is 4. The fourth-order valence-electron chi connectivity index (χ4n) is 4.83. The minimum atomic E-state index is -1.55. The summed E-state index contributed by atoms with van der Waals surface area (Å²) in [6, 6.07) is 20.9. The molecule has 2 saturated heterocycles. The largest absolute Gasteiger partial charge is 0.490 e. The molecule has 2 aromatic heterocycles. The van der Waals surface area contributed by atoms with Gasteiger partial charge in [0.2, 0.25) is 17.6 Å². The van der Waals surface area contributed by atoms with Crippen molar-refractivity contribution in [3.8, 4) is 11.5 Å². The van der Waals surface area contributed by atoms with E-state index in [1.54, 1.807) is 73.1 Å². The highest BCUT2D eigenvalue weighted by Gasteiger charge is 2.32. The molecular formula is C40H44Cl2N4O8S2. The second-order valence-corrected chi connectivity index (χ2v) is 14.6. The van der Waals surface area contributed by atoms with E-state index in [4.69, 9.17) is 35.4 Å². The molecule has 4 aromatic rings. The Morgan fingerprint density at radius 1 is 0.750 bits per heavy atom. The third-order valence-corrected chi connectivity index (χ3v) is 9.57. The SMILES string of the molecule is C.ClCCl.[2H]C1(Cc2ccc(OCC(=O)c3ccc(CC)cn3)cc2)SC(=O)NC1=O.[2H]C1(Cc2ccc(OCC(O)c3ccc(CC)cn3)cc2)SC(=O)NC1=O. The molecule has 2 aliphatic heterocycles. The van der Waals surface area contributed by atoms with Crippen LogP contribution in [0.15, 0.2) is 85.2 Å². The third kappa shape index (κ3) is 14.6. The van der Waals surface area contributed by atoms with E-state index in [1.165, 1.54) is 0 Å². The summed E-state index contributed by atoms with van der Waals surface area (Å²) >= 11 is 10.9. The van der Waals surface area contributed by atoms with Crippen LogP contribution in [0.25, 0.3) is 0 Å². The molecule has 2 aromatic carbocycles. The van der Waals surface area contributed by atoms with Crippen LogP contribution in [-0.2, 0) is 35.3 Å². The number of ketones is 1. The van der Waals surface area contributed by atoms with Crippen molar-refractivity contribution in [1.82, 2.24) is 20.6 Å². The number of carbonyl (C=O) groups excluding carboxylic acids is 5. The Morgan fingerprint density at radius 3 is 1.59 bits per heavy atom. The number of alkyl halides is 2. The van der Waals surface area contributed by atoms with Crippen molar-refractivity contribution >= 4 is 74.8 Å². The molecule has 56 heavy (non-hydrogen) atoms. The number of carbonyl (C=O) groups is 5. The first kappa shape index (κ1) is 42.7. The van der Waals surface area contributed by atoms with Crippen molar-refractivity contribution in [2.24, 2.45) is 0 Å². The van der Waals surface area contributed by atoms with E-state index in [0.29, 0.717) is 46.4 Å². The Kier molecular flexibility index (Phi) is 18.0. The van der Waals surface area contributed by atoms with Gasteiger partial charge in [-0.25, -0.2) is 0 Å². The summed E-state index contributed by atoms with van der Waals surface area (Å²) in [5.41, 5.74) is 4.53. The van der Waals surface area contributed by atoms with Gasteiger partial charge in [-0.15, -0.1) is 23.2 Å². The molecule has 6 rings (SSSR count). The van der Waals surface area contributed by atoms with E-state index in [2.05, 4.69) is 20.6 Å². The Hall–Kier alpha value is -4.47. The van der Waals surface area contributed by atoms with Gasteiger partial charge in [0.05, 0.1) is 24.2 Å². The van der Waals surface area contributed by atoms with Gasteiger partial charge in [-0.1, -0.05) is 81.2 Å². The van der Waals surface area contributed by atoms with Crippen LogP contribution in [-0.4, -0.2) is 72.2 Å². The number of rotatable bonds is 14. The maximum atomic E-state index is 12.1. The smallest absolute Gasteiger partial charge is 0.286 e. The van der Waals surface area contributed by atoms with Crippen molar-refractivity contribution in [3.05, 3.63) is 119 Å². The zero-order chi connectivity index (χ0) is 41.6. The molecule has 2 aliphatic rings. The normalized spacial score (nSPS) is 19.4. The van der Waals surface area contributed by atoms with Crippen molar-refractivity contribution < 1.29 is 41.3 Å². The number of pyridine rings is 2. The highest BCUT2D eigenvalue weighted by Crippen LogP contribution is 2.25. The van der Waals surface area contributed by atoms with Gasteiger partial charge in [0, 0.05) is 12.4 Å². The Balaban J connectivity index is 0.000000286. The molecule has 3 unspecified atom stereocenters. The van der Waals surface area contributed by atoms with Crippen LogP contribution >= 0.6 is 46.7 Å². The predicted octanol–water partition coefficient (Wildman–Crippen LogP) is 7.51. The average molecular weight is 846 g/mol. The second-order valence-electron chi connectivity index (χ2n) is 11.7. The molecule has 0 saturated carbocycles. The van der Waals surface area contributed by atoms with E-state index in [-0.39, 0.29) is 44.6 Å². The number of benzene rings is 2. The molecule has 3 atom stereocenters. The van der Waals surface area contributed by atoms with Gasteiger partial charge in [-0.3, -0.25) is 44.6 Å². The van der Waals surface area contributed by atoms with Crippen molar-refractivity contribution in [2.45, 2.75) is 63.5 Å². The van der Waals surface area contributed by atoms with Gasteiger partial charge in [0.1, 0.15) is 29.9 Å². The van der Waals surface area contributed by atoms with E-state index >= 15 is 0 Å². The number of halogens is 2. The van der Waals surface area contributed by atoms with E-state index in [0.717, 1.165) is 35.1 Å². The summed E-state index contributed by atoms with van der Waals surface area (Å²) in [7, 11) is 0. The molecular weight excluding hydrogens is 799 g/mol. The molecule has 12 nitrogen and oxygen atoms in total. The van der Waals surface area contributed by atoms with Crippen molar-refractivity contribution in [2.75, 3.05) is 18.6 Å². The summed E-state index contributed by atoms with van der Waals surface area (Å²) in [4.78, 5) is 66.5. The standard InChI is InChI=1S/C19H20N2O4S.C19H18N2O4S.CH2Cl2.CH4/c2*1-2-12-5-8-15(20-10-12)16(22)11-25-14-6-3-13(4-7-14)9-17-18(23)21-19(24)26-17;2-1-3;/h3-8,10,16-17,22H,2,9,11H2,1H3,(H,21,23,24);3-8,10,17H,2,9,11H2,1H3,(H,21,23,24);1H2;1H4/i2*17D;;. The fraction of sp³-hybridized carbons (Fsp3) is 0.325. The Labute approximate surface area is 347 Å². The van der Waals surface area contributed by atoms with Crippen LogP contribution in [0.1, 0.15) is 68.6 Å². The third-order valence-electron chi connectivity index (χ3n) is 7.84. The van der Waals surface area contributed by atoms with Crippen LogP contribution < -0.4 is 20.1 Å². The first-order valence-electron chi connectivity index (χ1n) is 18.0. The van der Waals surface area contributed by atoms with Crippen LogP contribution in [0, 0.1) is 0 Å². The lowest BCUT2D eigenvalue weighted by atomic mass is 10.1. The molecule has 4 amide bonds.